The Morgan fingerprint density at radius 1 is 1.11 bits per heavy atom. The topological polar surface area (TPSA) is 95.8 Å². The van der Waals surface area contributed by atoms with Crippen molar-refractivity contribution in [2.24, 2.45) is 0 Å². The van der Waals surface area contributed by atoms with Crippen LogP contribution < -0.4 is 5.32 Å². The van der Waals surface area contributed by atoms with Crippen LogP contribution in [0.3, 0.4) is 0 Å². The summed E-state index contributed by atoms with van der Waals surface area (Å²) in [7, 11) is 2.00. The van der Waals surface area contributed by atoms with E-state index in [0.29, 0.717) is 24.3 Å². The van der Waals surface area contributed by atoms with Crippen molar-refractivity contribution in [3.8, 4) is 0 Å². The number of hydrogen-bond donors (Lipinski definition) is 1. The highest BCUT2D eigenvalue weighted by atomic mass is 35.5. The van der Waals surface area contributed by atoms with Crippen LogP contribution in [-0.4, -0.2) is 59.8 Å². The van der Waals surface area contributed by atoms with Gasteiger partial charge in [0.2, 0.25) is 0 Å². The molecule has 28 heavy (non-hydrogen) atoms. The van der Waals surface area contributed by atoms with Crippen LogP contribution in [0, 0.1) is 10.1 Å². The molecule has 1 fully saturated rings. The van der Waals surface area contributed by atoms with Gasteiger partial charge >= 0.3 is 0 Å². The molecular weight excluding hydrogens is 384 g/mol. The van der Waals surface area contributed by atoms with Crippen LogP contribution in [0.25, 0.3) is 0 Å². The lowest BCUT2D eigenvalue weighted by atomic mass is 10.1. The van der Waals surface area contributed by atoms with Crippen molar-refractivity contribution >= 4 is 34.8 Å². The van der Waals surface area contributed by atoms with Crippen molar-refractivity contribution in [1.82, 2.24) is 9.80 Å². The molecule has 0 saturated carbocycles. The van der Waals surface area contributed by atoms with E-state index >= 15 is 0 Å². The summed E-state index contributed by atoms with van der Waals surface area (Å²) in [5.74, 6) is -0.718. The fourth-order valence-corrected chi connectivity index (χ4v) is 3.13. The molecule has 3 rings (SSSR count). The Morgan fingerprint density at radius 2 is 1.79 bits per heavy atom. The van der Waals surface area contributed by atoms with Crippen molar-refractivity contribution in [2.45, 2.75) is 0 Å². The highest BCUT2D eigenvalue weighted by Gasteiger charge is 2.23. The quantitative estimate of drug-likeness (QED) is 0.626. The highest BCUT2D eigenvalue weighted by Crippen LogP contribution is 2.26. The summed E-state index contributed by atoms with van der Waals surface area (Å²) in [5.41, 5.74) is 0.465. The molecular formula is C19H19ClN4O4. The summed E-state index contributed by atoms with van der Waals surface area (Å²) < 4.78 is 0. The number of nitro groups is 1. The van der Waals surface area contributed by atoms with Gasteiger partial charge in [-0.05, 0) is 31.3 Å². The first-order valence-corrected chi connectivity index (χ1v) is 9.07. The van der Waals surface area contributed by atoms with E-state index in [4.69, 9.17) is 11.6 Å². The Morgan fingerprint density at radius 3 is 2.46 bits per heavy atom. The molecule has 2 aromatic carbocycles. The lowest BCUT2D eigenvalue weighted by Gasteiger charge is -2.32. The first-order valence-electron chi connectivity index (χ1n) is 8.69. The number of benzene rings is 2. The van der Waals surface area contributed by atoms with Crippen molar-refractivity contribution < 1.29 is 14.5 Å². The number of amides is 2. The predicted molar refractivity (Wildman–Crippen MR) is 106 cm³/mol. The lowest BCUT2D eigenvalue weighted by molar-refractivity contribution is -0.384. The van der Waals surface area contributed by atoms with E-state index in [2.05, 4.69) is 10.2 Å². The molecule has 0 aromatic heterocycles. The van der Waals surface area contributed by atoms with Crippen molar-refractivity contribution in [1.29, 1.82) is 0 Å². The molecule has 1 saturated heterocycles. The van der Waals surface area contributed by atoms with Crippen LogP contribution in [0.5, 0.6) is 0 Å². The standard InChI is InChI=1S/C19H19ClN4O4/c1-22-8-10-23(11-9-22)19(26)14-4-2-3-5-16(14)21-18(25)13-6-7-15(20)17(12-13)24(27)28/h2-7,12H,8-11H2,1H3,(H,21,25). The fraction of sp³-hybridized carbons (Fsp3) is 0.263. The number of hydrogen-bond acceptors (Lipinski definition) is 5. The van der Waals surface area contributed by atoms with Gasteiger partial charge in [-0.25, -0.2) is 0 Å². The molecule has 0 radical (unpaired) electrons. The number of piperazine rings is 1. The van der Waals surface area contributed by atoms with E-state index in [0.717, 1.165) is 19.2 Å². The van der Waals surface area contributed by atoms with E-state index in [1.54, 1.807) is 29.2 Å². The Kier molecular flexibility index (Phi) is 5.91. The van der Waals surface area contributed by atoms with Crippen LogP contribution in [0.15, 0.2) is 42.5 Å². The van der Waals surface area contributed by atoms with Crippen molar-refractivity contribution in [2.75, 3.05) is 38.5 Å². The summed E-state index contributed by atoms with van der Waals surface area (Å²) in [4.78, 5) is 39.7. The van der Waals surface area contributed by atoms with Crippen LogP contribution in [0.1, 0.15) is 20.7 Å². The maximum Gasteiger partial charge on any atom is 0.288 e. The largest absolute Gasteiger partial charge is 0.336 e. The Labute approximate surface area is 166 Å². The molecule has 0 bridgehead atoms. The van der Waals surface area contributed by atoms with Crippen molar-refractivity contribution in [3.63, 3.8) is 0 Å². The second kappa shape index (κ2) is 8.37. The average Bonchev–Trinajstić information content (AvgIpc) is 2.68. The third-order valence-corrected chi connectivity index (χ3v) is 4.92. The maximum absolute atomic E-state index is 12.9. The zero-order valence-corrected chi connectivity index (χ0v) is 16.0. The molecule has 0 unspecified atom stereocenters. The minimum atomic E-state index is -0.649. The molecule has 0 atom stereocenters. The smallest absolute Gasteiger partial charge is 0.288 e. The number of halogens is 1. The molecule has 2 aromatic rings. The molecule has 0 aliphatic carbocycles. The number of nitrogens with one attached hydrogen (secondary N) is 1. The average molecular weight is 403 g/mol. The number of nitrogens with zero attached hydrogens (tertiary/aromatic N) is 3. The van der Waals surface area contributed by atoms with Gasteiger partial charge in [0.05, 0.1) is 16.2 Å². The van der Waals surface area contributed by atoms with Crippen LogP contribution >= 0.6 is 11.6 Å². The number of carbonyl (C=O) groups is 2. The van der Waals surface area contributed by atoms with Gasteiger partial charge < -0.3 is 15.1 Å². The number of likely N-dealkylation sites (N-methyl/N-ethyl adjacent to an activating group) is 1. The minimum Gasteiger partial charge on any atom is -0.336 e. The Bertz CT molecular complexity index is 926. The van der Waals surface area contributed by atoms with Gasteiger partial charge in [-0.15, -0.1) is 0 Å². The molecule has 2 amide bonds. The molecule has 1 aliphatic heterocycles. The molecule has 8 nitrogen and oxygen atoms in total. The van der Waals surface area contributed by atoms with Gasteiger partial charge in [-0.1, -0.05) is 23.7 Å². The SMILES string of the molecule is CN1CCN(C(=O)c2ccccc2NC(=O)c2ccc(Cl)c([N+](=O)[O-])c2)CC1. The molecule has 1 aliphatic rings. The minimum absolute atomic E-state index is 0.0489. The summed E-state index contributed by atoms with van der Waals surface area (Å²) >= 11 is 5.79. The molecule has 0 spiro atoms. The van der Waals surface area contributed by atoms with Crippen LogP contribution in [-0.2, 0) is 0 Å². The molecule has 9 heteroatoms. The maximum atomic E-state index is 12.9. The predicted octanol–water partition coefficient (Wildman–Crippen LogP) is 2.89. The highest BCUT2D eigenvalue weighted by molar-refractivity contribution is 6.32. The normalized spacial score (nSPS) is 14.6. The summed E-state index contributed by atoms with van der Waals surface area (Å²) in [6, 6.07) is 10.5. The van der Waals surface area contributed by atoms with Crippen molar-refractivity contribution in [3.05, 3.63) is 68.7 Å². The second-order valence-corrected chi connectivity index (χ2v) is 6.93. The van der Waals surface area contributed by atoms with E-state index < -0.39 is 10.8 Å². The van der Waals surface area contributed by atoms with Gasteiger partial charge in [-0.3, -0.25) is 19.7 Å². The number of rotatable bonds is 4. The van der Waals surface area contributed by atoms with Gasteiger partial charge in [0.15, 0.2) is 0 Å². The molecule has 1 N–H and O–H groups in total. The first kappa shape index (κ1) is 19.8. The van der Waals surface area contributed by atoms with Gasteiger partial charge in [-0.2, -0.15) is 0 Å². The number of anilines is 1. The number of carbonyl (C=O) groups excluding carboxylic acids is 2. The summed E-state index contributed by atoms with van der Waals surface area (Å²) in [5, 5.41) is 13.7. The zero-order chi connectivity index (χ0) is 20.3. The van der Waals surface area contributed by atoms with Gasteiger partial charge in [0, 0.05) is 37.8 Å². The van der Waals surface area contributed by atoms with E-state index in [1.165, 1.54) is 12.1 Å². The number of nitro benzene ring substituents is 1. The van der Waals surface area contributed by atoms with E-state index in [-0.39, 0.29) is 22.2 Å². The zero-order valence-electron chi connectivity index (χ0n) is 15.2. The van der Waals surface area contributed by atoms with Gasteiger partial charge in [0.25, 0.3) is 17.5 Å². The second-order valence-electron chi connectivity index (χ2n) is 6.52. The Balaban J connectivity index is 1.82. The third-order valence-electron chi connectivity index (χ3n) is 4.60. The van der Waals surface area contributed by atoms with Crippen LogP contribution in [0.4, 0.5) is 11.4 Å². The summed E-state index contributed by atoms with van der Waals surface area (Å²) in [6.45, 7) is 2.80. The third kappa shape index (κ3) is 4.29. The lowest BCUT2D eigenvalue weighted by Crippen LogP contribution is -2.47. The Hall–Kier alpha value is -2.97. The van der Waals surface area contributed by atoms with E-state index in [1.807, 2.05) is 7.05 Å². The molecule has 1 heterocycles. The van der Waals surface area contributed by atoms with Gasteiger partial charge in [0.1, 0.15) is 5.02 Å². The monoisotopic (exact) mass is 402 g/mol. The summed E-state index contributed by atoms with van der Waals surface area (Å²) in [6.07, 6.45) is 0. The number of para-hydroxylation sites is 1. The molecule has 146 valence electrons. The fourth-order valence-electron chi connectivity index (χ4n) is 2.95. The van der Waals surface area contributed by atoms with E-state index in [9.17, 15) is 19.7 Å². The first-order chi connectivity index (χ1) is 13.4. The van der Waals surface area contributed by atoms with Crippen LogP contribution in [0.2, 0.25) is 5.02 Å².